The molecule has 0 spiro atoms. The number of rotatable bonds is 5. The molecule has 2 fully saturated rings. The summed E-state index contributed by atoms with van der Waals surface area (Å²) >= 11 is 0. The molecule has 0 amide bonds. The normalized spacial score (nSPS) is 17.1. The molecule has 0 unspecified atom stereocenters. The number of carboxylic acid groups (broad SMARTS) is 1. The largest absolute Gasteiger partial charge is 0.477 e. The van der Waals surface area contributed by atoms with E-state index in [-0.39, 0.29) is 22.8 Å². The highest BCUT2D eigenvalue weighted by atomic mass is 19.1. The minimum Gasteiger partial charge on any atom is -0.477 e. The molecule has 29 heavy (non-hydrogen) atoms. The van der Waals surface area contributed by atoms with Gasteiger partial charge in [0.15, 0.2) is 0 Å². The Bertz CT molecular complexity index is 1210. The molecular weight excluding hydrogens is 375 g/mol. The molecule has 2 N–H and O–H groups in total. The zero-order valence-electron chi connectivity index (χ0n) is 16.0. The van der Waals surface area contributed by atoms with Crippen LogP contribution in [0.2, 0.25) is 0 Å². The van der Waals surface area contributed by atoms with Crippen LogP contribution in [0.25, 0.3) is 21.9 Å². The Hall–Kier alpha value is -3.00. The molecule has 1 aromatic carbocycles. The number of benzene rings is 1. The number of hydrogen-bond donors (Lipinski definition) is 2. The first-order chi connectivity index (χ1) is 14.0. The second-order valence-corrected chi connectivity index (χ2v) is 7.83. The van der Waals surface area contributed by atoms with E-state index in [0.29, 0.717) is 28.3 Å². The summed E-state index contributed by atoms with van der Waals surface area (Å²) in [6.45, 7) is 4.39. The average molecular weight is 396 g/mol. The second kappa shape index (κ2) is 6.52. The van der Waals surface area contributed by atoms with Gasteiger partial charge in [-0.3, -0.25) is 4.79 Å². The van der Waals surface area contributed by atoms with Crippen LogP contribution in [-0.2, 0) is 0 Å². The molecule has 0 radical (unpaired) electrons. The Morgan fingerprint density at radius 2 is 2.07 bits per heavy atom. The predicted octanol–water partition coefficient (Wildman–Crippen LogP) is 2.52. The minimum absolute atomic E-state index is 0.150. The third-order valence-corrected chi connectivity index (χ3v) is 5.75. The number of halogens is 1. The third-order valence-electron chi connectivity index (χ3n) is 5.75. The summed E-state index contributed by atoms with van der Waals surface area (Å²) in [5.74, 6) is -1.63. The Kier molecular flexibility index (Phi) is 4.06. The maximum atomic E-state index is 14.8. The number of hydrogen-bond acceptors (Lipinski definition) is 5. The third kappa shape index (κ3) is 2.95. The van der Waals surface area contributed by atoms with Crippen LogP contribution in [0.4, 0.5) is 10.1 Å². The van der Waals surface area contributed by atoms with Gasteiger partial charge < -0.3 is 19.9 Å². The summed E-state index contributed by atoms with van der Waals surface area (Å²) in [5.41, 5.74) is 0.692. The fourth-order valence-electron chi connectivity index (χ4n) is 4.06. The molecule has 2 aromatic heterocycles. The number of carboxylic acids is 1. The maximum absolute atomic E-state index is 14.8. The van der Waals surface area contributed by atoms with Crippen molar-refractivity contribution >= 4 is 33.6 Å². The van der Waals surface area contributed by atoms with Gasteiger partial charge in [0, 0.05) is 36.8 Å². The van der Waals surface area contributed by atoms with Gasteiger partial charge in [-0.05, 0) is 37.6 Å². The van der Waals surface area contributed by atoms with Crippen LogP contribution in [-0.4, -0.2) is 46.3 Å². The van der Waals surface area contributed by atoms with Crippen molar-refractivity contribution in [3.63, 3.8) is 0 Å². The van der Waals surface area contributed by atoms with E-state index in [4.69, 9.17) is 0 Å². The van der Waals surface area contributed by atoms with Gasteiger partial charge in [0.2, 0.25) is 5.43 Å². The zero-order chi connectivity index (χ0) is 20.3. The van der Waals surface area contributed by atoms with Gasteiger partial charge in [0.1, 0.15) is 17.0 Å². The van der Waals surface area contributed by atoms with Crippen LogP contribution in [0.3, 0.4) is 0 Å². The van der Waals surface area contributed by atoms with Crippen molar-refractivity contribution in [2.24, 2.45) is 0 Å². The SMILES string of the molecule is CCNC1CN(c2cc3nc4c(cc3cc2F)c(=O)c(C(=O)O)cn4C2CC2)C1. The number of aromatic carboxylic acids is 1. The summed E-state index contributed by atoms with van der Waals surface area (Å²) in [6, 6.07) is 5.17. The standard InChI is InChI=1S/C21H21FN4O3/c1-2-23-12-8-25(9-12)18-7-17-11(6-16(18)22)5-14-19(27)15(21(28)29)10-26(13-3-4-13)20(14)24-17/h5-7,10,12-13,23H,2-4,8-9H2,1H3,(H,28,29). The second-order valence-electron chi connectivity index (χ2n) is 7.83. The van der Waals surface area contributed by atoms with Crippen LogP contribution in [0.15, 0.2) is 29.2 Å². The molecule has 1 saturated heterocycles. The van der Waals surface area contributed by atoms with Crippen molar-refractivity contribution in [1.82, 2.24) is 14.9 Å². The van der Waals surface area contributed by atoms with Crippen molar-refractivity contribution in [2.45, 2.75) is 31.8 Å². The molecule has 3 heterocycles. The molecule has 7 nitrogen and oxygen atoms in total. The Labute approximate surface area is 165 Å². The summed E-state index contributed by atoms with van der Waals surface area (Å²) in [6.07, 6.45) is 3.24. The molecule has 3 aromatic rings. The zero-order valence-corrected chi connectivity index (χ0v) is 16.0. The van der Waals surface area contributed by atoms with Gasteiger partial charge in [-0.2, -0.15) is 0 Å². The molecule has 5 rings (SSSR count). The molecule has 2 aliphatic rings. The molecule has 1 aliphatic carbocycles. The lowest BCUT2D eigenvalue weighted by Gasteiger charge is -2.41. The number of fused-ring (bicyclic) bond motifs is 2. The number of carbonyl (C=O) groups is 1. The van der Waals surface area contributed by atoms with E-state index in [1.54, 1.807) is 16.7 Å². The topological polar surface area (TPSA) is 87.5 Å². The van der Waals surface area contributed by atoms with Crippen molar-refractivity contribution in [3.05, 3.63) is 46.0 Å². The van der Waals surface area contributed by atoms with Crippen molar-refractivity contribution < 1.29 is 14.3 Å². The van der Waals surface area contributed by atoms with Crippen LogP contribution in [0, 0.1) is 5.82 Å². The summed E-state index contributed by atoms with van der Waals surface area (Å²) in [4.78, 5) is 30.8. The van der Waals surface area contributed by atoms with Crippen molar-refractivity contribution in [3.8, 4) is 0 Å². The lowest BCUT2D eigenvalue weighted by molar-refractivity contribution is 0.0695. The van der Waals surface area contributed by atoms with Crippen LogP contribution >= 0.6 is 0 Å². The van der Waals surface area contributed by atoms with Gasteiger partial charge in [0.25, 0.3) is 0 Å². The Balaban J connectivity index is 1.66. The van der Waals surface area contributed by atoms with Gasteiger partial charge in [-0.15, -0.1) is 0 Å². The van der Waals surface area contributed by atoms with Gasteiger partial charge in [0.05, 0.1) is 16.6 Å². The average Bonchev–Trinajstić information content (AvgIpc) is 3.48. The van der Waals surface area contributed by atoms with Crippen molar-refractivity contribution in [2.75, 3.05) is 24.5 Å². The minimum atomic E-state index is -1.26. The molecule has 0 atom stereocenters. The predicted molar refractivity (Wildman–Crippen MR) is 108 cm³/mol. The van der Waals surface area contributed by atoms with E-state index >= 15 is 0 Å². The Morgan fingerprint density at radius 1 is 1.31 bits per heavy atom. The molecule has 1 saturated carbocycles. The number of nitrogens with zero attached hydrogens (tertiary/aromatic N) is 3. The smallest absolute Gasteiger partial charge is 0.341 e. The van der Waals surface area contributed by atoms with Gasteiger partial charge in [-0.25, -0.2) is 14.2 Å². The molecular formula is C21H21FN4O3. The highest BCUT2D eigenvalue weighted by molar-refractivity contribution is 5.97. The van der Waals surface area contributed by atoms with E-state index in [0.717, 1.165) is 32.5 Å². The summed E-state index contributed by atoms with van der Waals surface area (Å²) < 4.78 is 16.5. The van der Waals surface area contributed by atoms with Crippen molar-refractivity contribution in [1.29, 1.82) is 0 Å². The fraction of sp³-hybridized carbons (Fsp3) is 0.381. The van der Waals surface area contributed by atoms with E-state index in [1.807, 2.05) is 11.8 Å². The first kappa shape index (κ1) is 18.1. The number of likely N-dealkylation sites (N-methyl/N-ethyl adjacent to an activating group) is 1. The molecule has 1 aliphatic heterocycles. The molecule has 0 bridgehead atoms. The van der Waals surface area contributed by atoms with Crippen LogP contribution in [0.1, 0.15) is 36.2 Å². The number of anilines is 1. The number of nitrogens with one attached hydrogen (secondary N) is 1. The van der Waals surface area contributed by atoms with Crippen LogP contribution < -0.4 is 15.6 Å². The van der Waals surface area contributed by atoms with E-state index in [2.05, 4.69) is 10.3 Å². The van der Waals surface area contributed by atoms with Gasteiger partial charge in [-0.1, -0.05) is 6.92 Å². The quantitative estimate of drug-likeness (QED) is 0.645. The highest BCUT2D eigenvalue weighted by Gasteiger charge is 2.30. The lowest BCUT2D eigenvalue weighted by Crippen LogP contribution is -2.58. The van der Waals surface area contributed by atoms with E-state index in [1.165, 1.54) is 12.3 Å². The monoisotopic (exact) mass is 396 g/mol. The maximum Gasteiger partial charge on any atom is 0.341 e. The lowest BCUT2D eigenvalue weighted by atomic mass is 10.1. The number of pyridine rings is 2. The van der Waals surface area contributed by atoms with E-state index in [9.17, 15) is 19.1 Å². The fourth-order valence-corrected chi connectivity index (χ4v) is 4.06. The molecule has 150 valence electrons. The summed E-state index contributed by atoms with van der Waals surface area (Å²) in [7, 11) is 0. The van der Waals surface area contributed by atoms with Gasteiger partial charge >= 0.3 is 5.97 Å². The van der Waals surface area contributed by atoms with E-state index < -0.39 is 11.4 Å². The first-order valence-electron chi connectivity index (χ1n) is 9.87. The molecule has 8 heteroatoms. The number of aromatic nitrogens is 2. The Morgan fingerprint density at radius 3 is 2.72 bits per heavy atom. The first-order valence-corrected chi connectivity index (χ1v) is 9.87. The van der Waals surface area contributed by atoms with Crippen LogP contribution in [0.5, 0.6) is 0 Å². The highest BCUT2D eigenvalue weighted by Crippen LogP contribution is 2.37. The summed E-state index contributed by atoms with van der Waals surface area (Å²) in [5, 5.41) is 13.4.